The maximum Gasteiger partial charge on any atom is 0.255 e. The minimum Gasteiger partial charge on any atom is -0.484 e. The van der Waals surface area contributed by atoms with E-state index < -0.39 is 5.91 Å². The monoisotopic (exact) mass is 338 g/mol. The molecule has 0 fully saturated rings. The van der Waals surface area contributed by atoms with Gasteiger partial charge in [-0.2, -0.15) is 0 Å². The number of hydrogen-bond acceptors (Lipinski definition) is 3. The summed E-state index contributed by atoms with van der Waals surface area (Å²) in [6, 6.07) is 11.2. The first kappa shape index (κ1) is 16.1. The lowest BCUT2D eigenvalue weighted by atomic mass is 10.2. The first-order valence-electron chi connectivity index (χ1n) is 6.23. The molecule has 0 unspecified atom stereocenters. The van der Waals surface area contributed by atoms with E-state index in [9.17, 15) is 9.59 Å². The summed E-state index contributed by atoms with van der Waals surface area (Å²) >= 11 is 11.7. The summed E-state index contributed by atoms with van der Waals surface area (Å²) in [4.78, 5) is 22.9. The predicted octanol–water partition coefficient (Wildman–Crippen LogP) is 3.11. The van der Waals surface area contributed by atoms with Crippen molar-refractivity contribution in [3.8, 4) is 5.75 Å². The molecule has 0 heterocycles. The maximum atomic E-state index is 12.2. The summed E-state index contributed by atoms with van der Waals surface area (Å²) in [5.41, 5.74) is 5.89. The van der Waals surface area contributed by atoms with Gasteiger partial charge in [0.1, 0.15) is 5.75 Å². The van der Waals surface area contributed by atoms with E-state index in [4.69, 9.17) is 33.7 Å². The van der Waals surface area contributed by atoms with E-state index in [0.717, 1.165) is 0 Å². The molecule has 0 radical (unpaired) electrons. The number of hydrogen-bond donors (Lipinski definition) is 2. The van der Waals surface area contributed by atoms with Gasteiger partial charge in [0.2, 0.25) is 0 Å². The van der Waals surface area contributed by atoms with Crippen molar-refractivity contribution in [2.24, 2.45) is 5.73 Å². The van der Waals surface area contributed by atoms with Crippen molar-refractivity contribution in [3.05, 3.63) is 58.1 Å². The Morgan fingerprint density at radius 2 is 1.86 bits per heavy atom. The van der Waals surface area contributed by atoms with Crippen molar-refractivity contribution in [3.63, 3.8) is 0 Å². The molecule has 2 rings (SSSR count). The largest absolute Gasteiger partial charge is 0.484 e. The highest BCUT2D eigenvalue weighted by Gasteiger charge is 2.09. The van der Waals surface area contributed by atoms with E-state index in [2.05, 4.69) is 5.32 Å². The quantitative estimate of drug-likeness (QED) is 0.878. The zero-order valence-corrected chi connectivity index (χ0v) is 12.8. The highest BCUT2D eigenvalue weighted by molar-refractivity contribution is 6.42. The number of carbonyl (C=O) groups is 2. The van der Waals surface area contributed by atoms with Crippen molar-refractivity contribution in [2.75, 3.05) is 11.9 Å². The molecule has 0 aliphatic heterocycles. The van der Waals surface area contributed by atoms with Gasteiger partial charge in [-0.05, 0) is 36.4 Å². The van der Waals surface area contributed by atoms with Gasteiger partial charge in [-0.15, -0.1) is 0 Å². The van der Waals surface area contributed by atoms with Crippen LogP contribution in [0.25, 0.3) is 0 Å². The fraction of sp³-hybridized carbons (Fsp3) is 0.0667. The average Bonchev–Trinajstić information content (AvgIpc) is 2.49. The van der Waals surface area contributed by atoms with Crippen LogP contribution in [0.15, 0.2) is 42.5 Å². The van der Waals surface area contributed by atoms with Gasteiger partial charge < -0.3 is 15.8 Å². The molecular weight excluding hydrogens is 327 g/mol. The zero-order valence-electron chi connectivity index (χ0n) is 11.3. The Morgan fingerprint density at radius 3 is 2.55 bits per heavy atom. The van der Waals surface area contributed by atoms with Crippen molar-refractivity contribution >= 4 is 40.7 Å². The number of halogens is 2. The second-order valence-electron chi connectivity index (χ2n) is 4.37. The van der Waals surface area contributed by atoms with Crippen LogP contribution in [0.4, 0.5) is 5.69 Å². The third kappa shape index (κ3) is 4.38. The molecule has 5 nitrogen and oxygen atoms in total. The molecule has 0 aliphatic carbocycles. The third-order valence-electron chi connectivity index (χ3n) is 2.65. The first-order valence-corrected chi connectivity index (χ1v) is 6.99. The van der Waals surface area contributed by atoms with Gasteiger partial charge >= 0.3 is 0 Å². The Labute approximate surface area is 137 Å². The number of anilines is 1. The van der Waals surface area contributed by atoms with Crippen LogP contribution in [0.5, 0.6) is 5.75 Å². The van der Waals surface area contributed by atoms with Gasteiger partial charge in [0.25, 0.3) is 11.8 Å². The lowest BCUT2D eigenvalue weighted by molar-refractivity contribution is -0.119. The summed E-state index contributed by atoms with van der Waals surface area (Å²) < 4.78 is 5.15. The van der Waals surface area contributed by atoms with Crippen LogP contribution in [-0.2, 0) is 4.79 Å². The zero-order chi connectivity index (χ0) is 16.1. The SMILES string of the molecule is NC(=O)COc1cccc(C(=O)Nc2ccc(Cl)c(Cl)c2)c1. The van der Waals surface area contributed by atoms with E-state index in [1.165, 1.54) is 6.07 Å². The third-order valence-corrected chi connectivity index (χ3v) is 3.39. The molecule has 0 bridgehead atoms. The van der Waals surface area contributed by atoms with Crippen molar-refractivity contribution < 1.29 is 14.3 Å². The first-order chi connectivity index (χ1) is 10.5. The van der Waals surface area contributed by atoms with Crippen LogP contribution >= 0.6 is 23.2 Å². The van der Waals surface area contributed by atoms with E-state index in [0.29, 0.717) is 27.0 Å². The number of ether oxygens (including phenoxy) is 1. The second kappa shape index (κ2) is 7.15. The molecule has 2 amide bonds. The van der Waals surface area contributed by atoms with Gasteiger partial charge in [0.15, 0.2) is 6.61 Å². The van der Waals surface area contributed by atoms with Crippen molar-refractivity contribution in [2.45, 2.75) is 0 Å². The Kier molecular flexibility index (Phi) is 5.25. The molecule has 0 saturated carbocycles. The number of benzene rings is 2. The number of amides is 2. The summed E-state index contributed by atoms with van der Waals surface area (Å²) in [6.45, 7) is -0.252. The molecule has 22 heavy (non-hydrogen) atoms. The molecule has 0 spiro atoms. The van der Waals surface area contributed by atoms with Crippen LogP contribution in [0, 0.1) is 0 Å². The van der Waals surface area contributed by atoms with Crippen molar-refractivity contribution in [1.82, 2.24) is 0 Å². The topological polar surface area (TPSA) is 81.4 Å². The molecule has 2 aromatic carbocycles. The van der Waals surface area contributed by atoms with E-state index in [1.807, 2.05) is 0 Å². The summed E-state index contributed by atoms with van der Waals surface area (Å²) in [6.07, 6.45) is 0. The van der Waals surface area contributed by atoms with Crippen LogP contribution in [0.3, 0.4) is 0 Å². The smallest absolute Gasteiger partial charge is 0.255 e. The minimum atomic E-state index is -0.592. The highest BCUT2D eigenvalue weighted by Crippen LogP contribution is 2.25. The summed E-state index contributed by atoms with van der Waals surface area (Å²) in [5.74, 6) is -0.561. The number of primary amides is 1. The van der Waals surface area contributed by atoms with Crippen molar-refractivity contribution in [1.29, 1.82) is 0 Å². The normalized spacial score (nSPS) is 10.1. The highest BCUT2D eigenvalue weighted by atomic mass is 35.5. The molecule has 3 N–H and O–H groups in total. The predicted molar refractivity (Wildman–Crippen MR) is 85.5 cm³/mol. The molecule has 7 heteroatoms. The van der Waals surface area contributed by atoms with E-state index >= 15 is 0 Å². The fourth-order valence-electron chi connectivity index (χ4n) is 1.66. The Morgan fingerprint density at radius 1 is 1.09 bits per heavy atom. The molecule has 0 atom stereocenters. The number of nitrogens with one attached hydrogen (secondary N) is 1. The molecule has 0 aliphatic rings. The van der Waals surface area contributed by atoms with Gasteiger partial charge in [0.05, 0.1) is 10.0 Å². The number of rotatable bonds is 5. The fourth-order valence-corrected chi connectivity index (χ4v) is 1.96. The lowest BCUT2D eigenvalue weighted by Gasteiger charge is -2.08. The average molecular weight is 339 g/mol. The number of carbonyl (C=O) groups excluding carboxylic acids is 2. The summed E-state index contributed by atoms with van der Waals surface area (Å²) in [5, 5.41) is 3.44. The second-order valence-corrected chi connectivity index (χ2v) is 5.18. The Hall–Kier alpha value is -2.24. The summed E-state index contributed by atoms with van der Waals surface area (Å²) in [7, 11) is 0. The molecule has 0 saturated heterocycles. The van der Waals surface area contributed by atoms with Crippen LogP contribution in [0.2, 0.25) is 10.0 Å². The van der Waals surface area contributed by atoms with Crippen LogP contribution in [0.1, 0.15) is 10.4 Å². The molecular formula is C15H12Cl2N2O3. The lowest BCUT2D eigenvalue weighted by Crippen LogP contribution is -2.20. The van der Waals surface area contributed by atoms with Gasteiger partial charge in [0, 0.05) is 11.3 Å². The van der Waals surface area contributed by atoms with Crippen LogP contribution < -0.4 is 15.8 Å². The molecule has 114 valence electrons. The van der Waals surface area contributed by atoms with Gasteiger partial charge in [-0.1, -0.05) is 29.3 Å². The van der Waals surface area contributed by atoms with Gasteiger partial charge in [-0.25, -0.2) is 0 Å². The van der Waals surface area contributed by atoms with Gasteiger partial charge in [-0.3, -0.25) is 9.59 Å². The Bertz CT molecular complexity index is 720. The molecule has 2 aromatic rings. The minimum absolute atomic E-state index is 0.252. The van der Waals surface area contributed by atoms with E-state index in [1.54, 1.807) is 36.4 Å². The van der Waals surface area contributed by atoms with E-state index in [-0.39, 0.29) is 12.5 Å². The standard InChI is InChI=1S/C15H12Cl2N2O3/c16-12-5-4-10(7-13(12)17)19-15(21)9-2-1-3-11(6-9)22-8-14(18)20/h1-7H,8H2,(H2,18,20)(H,19,21). The maximum absolute atomic E-state index is 12.2. The molecule has 0 aromatic heterocycles. The van der Waals surface area contributed by atoms with Crippen LogP contribution in [-0.4, -0.2) is 18.4 Å². The number of nitrogens with two attached hydrogens (primary N) is 1. The Balaban J connectivity index is 2.10.